The molecule has 0 atom stereocenters. The number of hydrogen-bond acceptors (Lipinski definition) is 4. The van der Waals surface area contributed by atoms with Gasteiger partial charge in [0, 0.05) is 10.4 Å². The molecule has 5 rings (SSSR count). The van der Waals surface area contributed by atoms with E-state index >= 15 is 0 Å². The van der Waals surface area contributed by atoms with Crippen LogP contribution in [0.3, 0.4) is 0 Å². The molecule has 0 unspecified atom stereocenters. The summed E-state index contributed by atoms with van der Waals surface area (Å²) in [6.45, 7) is 1.94. The molecule has 5 aromatic rings. The molecule has 0 spiro atoms. The first-order valence-corrected chi connectivity index (χ1v) is 11.7. The van der Waals surface area contributed by atoms with E-state index in [9.17, 15) is 0 Å². The molecule has 6 heteroatoms. The highest BCUT2D eigenvalue weighted by molar-refractivity contribution is 7.07. The second-order valence-corrected chi connectivity index (χ2v) is 8.63. The Morgan fingerprint density at radius 1 is 0.909 bits per heavy atom. The zero-order chi connectivity index (χ0) is 22.6. The smallest absolute Gasteiger partial charge is 0.195 e. The zero-order valence-electron chi connectivity index (χ0n) is 17.9. The van der Waals surface area contributed by atoms with Crippen LogP contribution in [0.25, 0.3) is 29.1 Å². The summed E-state index contributed by atoms with van der Waals surface area (Å²) in [5, 5.41) is 7.07. The highest BCUT2D eigenvalue weighted by Crippen LogP contribution is 2.29. The number of nitrogens with zero attached hydrogens (tertiary/aromatic N) is 3. The fraction of sp³-hybridized carbons (Fsp3) is 0.0370. The van der Waals surface area contributed by atoms with E-state index in [0.717, 1.165) is 38.7 Å². The van der Waals surface area contributed by atoms with E-state index in [2.05, 4.69) is 27.2 Å². The van der Waals surface area contributed by atoms with Gasteiger partial charge in [-0.1, -0.05) is 83.5 Å². The monoisotopic (exact) mass is 469 g/mol. The first-order valence-electron chi connectivity index (χ1n) is 10.5. The molecule has 0 aliphatic heterocycles. The second-order valence-electron chi connectivity index (χ2n) is 7.39. The lowest BCUT2D eigenvalue weighted by Crippen LogP contribution is -2.15. The molecule has 162 valence electrons. The van der Waals surface area contributed by atoms with E-state index in [1.807, 2.05) is 91.9 Å². The number of aryl methyl sites for hydroxylation is 1. The molecule has 4 nitrogen and oxygen atoms in total. The maximum atomic E-state index is 6.34. The summed E-state index contributed by atoms with van der Waals surface area (Å²) < 4.78 is 7.86. The Morgan fingerprint density at radius 3 is 2.36 bits per heavy atom. The van der Waals surface area contributed by atoms with Crippen molar-refractivity contribution >= 4 is 40.8 Å². The summed E-state index contributed by atoms with van der Waals surface area (Å²) in [5.74, 6) is 0.637. The van der Waals surface area contributed by atoms with Gasteiger partial charge in [-0.3, -0.25) is 4.57 Å². The van der Waals surface area contributed by atoms with Crippen LogP contribution in [-0.2, 0) is 0 Å². The number of aromatic nitrogens is 2. The SMILES string of the molecule is Cc1noc(/C=C/c2ccccc2Cl)c1-n1c(-c2ccccc2)csc1=Nc1ccccc1. The van der Waals surface area contributed by atoms with Crippen LogP contribution in [0.2, 0.25) is 5.02 Å². The van der Waals surface area contributed by atoms with E-state index < -0.39 is 0 Å². The lowest BCUT2D eigenvalue weighted by atomic mass is 10.1. The average Bonchev–Trinajstić information content (AvgIpc) is 3.42. The van der Waals surface area contributed by atoms with Gasteiger partial charge in [0.2, 0.25) is 0 Å². The van der Waals surface area contributed by atoms with Crippen molar-refractivity contribution in [3.63, 3.8) is 0 Å². The molecule has 0 N–H and O–H groups in total. The third kappa shape index (κ3) is 4.46. The minimum absolute atomic E-state index is 0.637. The van der Waals surface area contributed by atoms with E-state index in [-0.39, 0.29) is 0 Å². The van der Waals surface area contributed by atoms with Crippen molar-refractivity contribution in [2.24, 2.45) is 4.99 Å². The van der Waals surface area contributed by atoms with Gasteiger partial charge in [0.1, 0.15) is 11.4 Å². The molecular weight excluding hydrogens is 450 g/mol. The summed E-state index contributed by atoms with van der Waals surface area (Å²) in [5.41, 5.74) is 5.54. The largest absolute Gasteiger partial charge is 0.354 e. The number of hydrogen-bond donors (Lipinski definition) is 0. The Hall–Kier alpha value is -3.67. The number of halogens is 1. The van der Waals surface area contributed by atoms with Gasteiger partial charge in [0.25, 0.3) is 0 Å². The third-order valence-electron chi connectivity index (χ3n) is 5.16. The third-order valence-corrected chi connectivity index (χ3v) is 6.33. The maximum Gasteiger partial charge on any atom is 0.195 e. The predicted molar refractivity (Wildman–Crippen MR) is 136 cm³/mol. The van der Waals surface area contributed by atoms with E-state index in [4.69, 9.17) is 21.1 Å². The average molecular weight is 470 g/mol. The summed E-state index contributed by atoms with van der Waals surface area (Å²) in [6.07, 6.45) is 3.84. The van der Waals surface area contributed by atoms with E-state index in [0.29, 0.717) is 10.8 Å². The molecular formula is C27H20ClN3OS. The van der Waals surface area contributed by atoms with Crippen molar-refractivity contribution in [2.45, 2.75) is 6.92 Å². The van der Waals surface area contributed by atoms with Crippen molar-refractivity contribution in [1.29, 1.82) is 0 Å². The minimum atomic E-state index is 0.637. The fourth-order valence-electron chi connectivity index (χ4n) is 3.57. The summed E-state index contributed by atoms with van der Waals surface area (Å²) in [4.78, 5) is 5.76. The zero-order valence-corrected chi connectivity index (χ0v) is 19.4. The molecule has 0 amide bonds. The van der Waals surface area contributed by atoms with Crippen molar-refractivity contribution < 1.29 is 4.52 Å². The van der Waals surface area contributed by atoms with Gasteiger partial charge in [-0.2, -0.15) is 0 Å². The maximum absolute atomic E-state index is 6.34. The second kappa shape index (κ2) is 9.45. The molecule has 0 aliphatic carbocycles. The highest BCUT2D eigenvalue weighted by atomic mass is 35.5. The van der Waals surface area contributed by atoms with Crippen LogP contribution in [0.4, 0.5) is 5.69 Å². The molecule has 0 radical (unpaired) electrons. The van der Waals surface area contributed by atoms with E-state index in [1.54, 1.807) is 11.3 Å². The van der Waals surface area contributed by atoms with Gasteiger partial charge in [-0.05, 0) is 48.4 Å². The lowest BCUT2D eigenvalue weighted by molar-refractivity contribution is 0.408. The Bertz CT molecular complexity index is 1480. The van der Waals surface area contributed by atoms with Gasteiger partial charge >= 0.3 is 0 Å². The van der Waals surface area contributed by atoms with Crippen LogP contribution in [0, 0.1) is 6.92 Å². The van der Waals surface area contributed by atoms with Crippen LogP contribution >= 0.6 is 22.9 Å². The quantitative estimate of drug-likeness (QED) is 0.266. The normalized spacial score (nSPS) is 12.0. The first kappa shape index (κ1) is 21.2. The number of thiazole rings is 1. The number of rotatable bonds is 5. The molecule has 2 aromatic heterocycles. The number of para-hydroxylation sites is 1. The molecule has 0 fully saturated rings. The Morgan fingerprint density at radius 2 is 1.61 bits per heavy atom. The molecule has 3 aromatic carbocycles. The molecule has 0 aliphatic rings. The summed E-state index contributed by atoms with van der Waals surface area (Å²) in [7, 11) is 0. The van der Waals surface area contributed by atoms with Crippen LogP contribution < -0.4 is 4.80 Å². The van der Waals surface area contributed by atoms with Gasteiger partial charge in [-0.15, -0.1) is 11.3 Å². The summed E-state index contributed by atoms with van der Waals surface area (Å²) in [6, 6.07) is 27.9. The van der Waals surface area contributed by atoms with Gasteiger partial charge < -0.3 is 4.52 Å². The van der Waals surface area contributed by atoms with Crippen LogP contribution in [-0.4, -0.2) is 9.72 Å². The predicted octanol–water partition coefficient (Wildman–Crippen LogP) is 7.56. The fourth-order valence-corrected chi connectivity index (χ4v) is 4.68. The highest BCUT2D eigenvalue weighted by Gasteiger charge is 2.19. The minimum Gasteiger partial charge on any atom is -0.354 e. The topological polar surface area (TPSA) is 43.3 Å². The number of benzene rings is 3. The molecule has 0 saturated carbocycles. The molecule has 2 heterocycles. The van der Waals surface area contributed by atoms with E-state index in [1.165, 1.54) is 0 Å². The Labute approximate surface area is 200 Å². The first-order chi connectivity index (χ1) is 16.2. The molecule has 0 bridgehead atoms. The van der Waals surface area contributed by atoms with Crippen molar-refractivity contribution in [2.75, 3.05) is 0 Å². The van der Waals surface area contributed by atoms with Crippen molar-refractivity contribution in [3.05, 3.63) is 117 Å². The molecule has 33 heavy (non-hydrogen) atoms. The lowest BCUT2D eigenvalue weighted by Gasteiger charge is -2.09. The Balaban J connectivity index is 1.71. The van der Waals surface area contributed by atoms with Crippen LogP contribution in [0.5, 0.6) is 0 Å². The van der Waals surface area contributed by atoms with Gasteiger partial charge in [-0.25, -0.2) is 4.99 Å². The van der Waals surface area contributed by atoms with Gasteiger partial charge in [0.05, 0.1) is 11.4 Å². The standard InChI is InChI=1S/C27H20ClN3OS/c1-19-26(25(32-30-19)17-16-20-10-8-9-15-23(20)28)31-24(21-11-4-2-5-12-21)18-33-27(31)29-22-13-6-3-7-14-22/h2-18H,1H3/b17-16+,29-27?. The van der Waals surface area contributed by atoms with Crippen LogP contribution in [0.15, 0.2) is 99.8 Å². The van der Waals surface area contributed by atoms with Crippen molar-refractivity contribution in [3.8, 4) is 16.9 Å². The molecule has 0 saturated heterocycles. The van der Waals surface area contributed by atoms with Gasteiger partial charge in [0.15, 0.2) is 10.6 Å². The van der Waals surface area contributed by atoms with Crippen LogP contribution in [0.1, 0.15) is 17.0 Å². The Kier molecular flexibility index (Phi) is 6.07. The van der Waals surface area contributed by atoms with Crippen molar-refractivity contribution in [1.82, 2.24) is 9.72 Å². The summed E-state index contributed by atoms with van der Waals surface area (Å²) >= 11 is 7.92.